The molecule has 0 saturated carbocycles. The summed E-state index contributed by atoms with van der Waals surface area (Å²) < 4.78 is 11.5. The van der Waals surface area contributed by atoms with E-state index in [1.165, 1.54) is 11.1 Å². The minimum atomic E-state index is 0.155. The van der Waals surface area contributed by atoms with Crippen molar-refractivity contribution in [2.75, 3.05) is 0 Å². The maximum atomic E-state index is 6.06. The van der Waals surface area contributed by atoms with Crippen molar-refractivity contribution < 1.29 is 9.30 Å². The van der Waals surface area contributed by atoms with E-state index >= 15 is 0 Å². The number of imidazole rings is 1. The van der Waals surface area contributed by atoms with Crippen molar-refractivity contribution in [2.45, 2.75) is 25.6 Å². The highest BCUT2D eigenvalue weighted by atomic mass is 79.9. The van der Waals surface area contributed by atoms with Crippen molar-refractivity contribution >= 4 is 27.5 Å². The predicted molar refractivity (Wildman–Crippen MR) is 97.4 cm³/mol. The molecule has 24 heavy (non-hydrogen) atoms. The summed E-state index contributed by atoms with van der Waals surface area (Å²) in [6.45, 7) is 1.67. The molecule has 0 fully saturated rings. The van der Waals surface area contributed by atoms with E-state index in [9.17, 15) is 0 Å². The maximum absolute atomic E-state index is 6.06. The Hall–Kier alpha value is -1.78. The van der Waals surface area contributed by atoms with Gasteiger partial charge in [0.2, 0.25) is 6.33 Å². The van der Waals surface area contributed by atoms with E-state index in [1.807, 2.05) is 24.3 Å². The number of aromatic nitrogens is 2. The van der Waals surface area contributed by atoms with Crippen LogP contribution in [0.1, 0.15) is 11.1 Å². The molecule has 0 spiro atoms. The number of fused-ring (bicyclic) bond motifs is 1. The highest BCUT2D eigenvalue weighted by molar-refractivity contribution is 9.10. The Balaban J connectivity index is 1.42. The van der Waals surface area contributed by atoms with E-state index in [2.05, 4.69) is 62.0 Å². The van der Waals surface area contributed by atoms with Gasteiger partial charge in [-0.2, -0.15) is 0 Å². The van der Waals surface area contributed by atoms with Crippen LogP contribution in [0.4, 0.5) is 0 Å². The molecule has 0 amide bonds. The van der Waals surface area contributed by atoms with Crippen LogP contribution in [0.3, 0.4) is 0 Å². The fourth-order valence-electron chi connectivity index (χ4n) is 3.09. The standard InChI is InChI=1S/C19H17BrClN2O/c20-18-4-2-1-3-14(18)11-22-7-8-23(13-22)12-17-10-15-9-16(21)5-6-19(15)24-17/h1-9,13,17H,10-12H2/q+1. The molecule has 0 bridgehead atoms. The quantitative estimate of drug-likeness (QED) is 0.595. The Morgan fingerprint density at radius 1 is 1.25 bits per heavy atom. The van der Waals surface area contributed by atoms with E-state index in [4.69, 9.17) is 16.3 Å². The van der Waals surface area contributed by atoms with Crippen LogP contribution in [0.5, 0.6) is 5.75 Å². The van der Waals surface area contributed by atoms with Crippen LogP contribution in [0, 0.1) is 0 Å². The largest absolute Gasteiger partial charge is 0.486 e. The van der Waals surface area contributed by atoms with Gasteiger partial charge in [-0.3, -0.25) is 0 Å². The van der Waals surface area contributed by atoms with Crippen molar-refractivity contribution in [1.29, 1.82) is 0 Å². The van der Waals surface area contributed by atoms with Gasteiger partial charge < -0.3 is 4.74 Å². The Labute approximate surface area is 154 Å². The van der Waals surface area contributed by atoms with E-state index in [0.29, 0.717) is 0 Å². The molecule has 0 aliphatic carbocycles. The summed E-state index contributed by atoms with van der Waals surface area (Å²) in [5.41, 5.74) is 2.46. The van der Waals surface area contributed by atoms with Gasteiger partial charge in [0.1, 0.15) is 37.3 Å². The second-order valence-corrected chi connectivity index (χ2v) is 7.36. The number of halogens is 2. The predicted octanol–water partition coefficient (Wildman–Crippen LogP) is 4.24. The first-order valence-electron chi connectivity index (χ1n) is 7.91. The van der Waals surface area contributed by atoms with Crippen molar-refractivity contribution in [1.82, 2.24) is 4.57 Å². The lowest BCUT2D eigenvalue weighted by Crippen LogP contribution is -2.32. The molecule has 5 heteroatoms. The first kappa shape index (κ1) is 15.7. The van der Waals surface area contributed by atoms with Crippen LogP contribution in [0.2, 0.25) is 5.02 Å². The van der Waals surface area contributed by atoms with Crippen LogP contribution in [0.25, 0.3) is 0 Å². The molecule has 1 atom stereocenters. The molecular weight excluding hydrogens is 388 g/mol. The van der Waals surface area contributed by atoms with Crippen molar-refractivity contribution in [3.63, 3.8) is 0 Å². The van der Waals surface area contributed by atoms with Gasteiger partial charge in [0.15, 0.2) is 0 Å². The molecule has 0 N–H and O–H groups in total. The SMILES string of the molecule is Clc1ccc2c(c1)CC(Cn1cc[n+](Cc3ccccc3Br)c1)O2. The van der Waals surface area contributed by atoms with Gasteiger partial charge in [-0.1, -0.05) is 45.7 Å². The number of ether oxygens (including phenoxy) is 1. The number of hydrogen-bond acceptors (Lipinski definition) is 1. The zero-order valence-electron chi connectivity index (χ0n) is 13.0. The molecule has 2 heterocycles. The summed E-state index contributed by atoms with van der Waals surface area (Å²) in [5, 5.41) is 0.769. The van der Waals surface area contributed by atoms with Gasteiger partial charge >= 0.3 is 0 Å². The highest BCUT2D eigenvalue weighted by Gasteiger charge is 2.25. The molecule has 1 unspecified atom stereocenters. The lowest BCUT2D eigenvalue weighted by molar-refractivity contribution is -0.688. The Morgan fingerprint density at radius 3 is 3.00 bits per heavy atom. The summed E-state index contributed by atoms with van der Waals surface area (Å²) >= 11 is 9.66. The van der Waals surface area contributed by atoms with Crippen LogP contribution in [-0.4, -0.2) is 10.7 Å². The number of nitrogens with zero attached hydrogens (tertiary/aromatic N) is 2. The lowest BCUT2D eigenvalue weighted by Gasteiger charge is -2.07. The molecule has 1 aromatic heterocycles. The highest BCUT2D eigenvalue weighted by Crippen LogP contribution is 2.31. The monoisotopic (exact) mass is 403 g/mol. The zero-order valence-corrected chi connectivity index (χ0v) is 15.4. The smallest absolute Gasteiger partial charge is 0.244 e. The topological polar surface area (TPSA) is 18.0 Å². The van der Waals surface area contributed by atoms with Crippen molar-refractivity contribution in [2.24, 2.45) is 0 Å². The molecule has 1 aliphatic heterocycles. The van der Waals surface area contributed by atoms with Gasteiger partial charge in [0.25, 0.3) is 0 Å². The Bertz CT molecular complexity index is 877. The number of rotatable bonds is 4. The fourth-order valence-corrected chi connectivity index (χ4v) is 3.69. The average Bonchev–Trinajstić information content (AvgIpc) is 3.16. The van der Waals surface area contributed by atoms with E-state index in [1.54, 1.807) is 0 Å². The molecule has 122 valence electrons. The van der Waals surface area contributed by atoms with Gasteiger partial charge in [0, 0.05) is 21.5 Å². The van der Waals surface area contributed by atoms with Crippen LogP contribution < -0.4 is 9.30 Å². The van der Waals surface area contributed by atoms with E-state index < -0.39 is 0 Å². The average molecular weight is 405 g/mol. The second kappa shape index (κ2) is 6.61. The van der Waals surface area contributed by atoms with Gasteiger partial charge in [-0.05, 0) is 29.8 Å². The third-order valence-corrected chi connectivity index (χ3v) is 5.24. The van der Waals surface area contributed by atoms with Gasteiger partial charge in [-0.15, -0.1) is 0 Å². The summed E-state index contributed by atoms with van der Waals surface area (Å²) in [6.07, 6.45) is 7.37. The van der Waals surface area contributed by atoms with Gasteiger partial charge in [-0.25, -0.2) is 9.13 Å². The minimum absolute atomic E-state index is 0.155. The second-order valence-electron chi connectivity index (χ2n) is 6.07. The first-order chi connectivity index (χ1) is 11.7. The summed E-state index contributed by atoms with van der Waals surface area (Å²) in [6, 6.07) is 14.1. The number of benzene rings is 2. The minimum Gasteiger partial charge on any atom is -0.486 e. The van der Waals surface area contributed by atoms with Crippen LogP contribution in [0.15, 0.2) is 65.7 Å². The lowest BCUT2D eigenvalue weighted by atomic mass is 10.1. The molecular formula is C19H17BrClN2O+. The molecule has 2 aromatic carbocycles. The Morgan fingerprint density at radius 2 is 2.12 bits per heavy atom. The molecule has 0 radical (unpaired) electrons. The summed E-state index contributed by atoms with van der Waals surface area (Å²) in [5.74, 6) is 0.956. The molecule has 4 rings (SSSR count). The van der Waals surface area contributed by atoms with Crippen LogP contribution >= 0.6 is 27.5 Å². The fraction of sp³-hybridized carbons (Fsp3) is 0.211. The molecule has 1 aliphatic rings. The molecule has 0 saturated heterocycles. The summed E-state index contributed by atoms with van der Waals surface area (Å²) in [7, 11) is 0. The third-order valence-electron chi connectivity index (χ3n) is 4.24. The summed E-state index contributed by atoms with van der Waals surface area (Å²) in [4.78, 5) is 0. The first-order valence-corrected chi connectivity index (χ1v) is 9.08. The molecule has 3 nitrogen and oxygen atoms in total. The maximum Gasteiger partial charge on any atom is 0.244 e. The zero-order chi connectivity index (χ0) is 16.5. The van der Waals surface area contributed by atoms with Crippen molar-refractivity contribution in [3.05, 3.63) is 81.8 Å². The van der Waals surface area contributed by atoms with Gasteiger partial charge in [0.05, 0.1) is 0 Å². The normalized spacial score (nSPS) is 16.0. The Kier molecular flexibility index (Phi) is 4.33. The number of hydrogen-bond donors (Lipinski definition) is 0. The third kappa shape index (κ3) is 3.35. The van der Waals surface area contributed by atoms with Crippen molar-refractivity contribution in [3.8, 4) is 5.75 Å². The van der Waals surface area contributed by atoms with E-state index in [-0.39, 0.29) is 6.10 Å². The molecule has 3 aromatic rings. The van der Waals surface area contributed by atoms with Crippen LogP contribution in [-0.2, 0) is 19.5 Å². The van der Waals surface area contributed by atoms with E-state index in [0.717, 1.165) is 34.8 Å².